The number of hydrogen-bond acceptors (Lipinski definition) is 4. The molecule has 1 aromatic rings. The lowest BCUT2D eigenvalue weighted by Gasteiger charge is -1.96. The topological polar surface area (TPSA) is 69.4 Å². The van der Waals surface area contributed by atoms with Gasteiger partial charge in [-0.25, -0.2) is 4.79 Å². The number of carbonyl (C=O) groups excluding carboxylic acids is 1. The zero-order valence-electron chi connectivity index (χ0n) is 8.54. The Kier molecular flexibility index (Phi) is 4.72. The average Bonchev–Trinajstić information content (AvgIpc) is 2.27. The summed E-state index contributed by atoms with van der Waals surface area (Å²) in [6.45, 7) is -0.574. The first-order valence-electron chi connectivity index (χ1n) is 4.70. The second-order valence-electron chi connectivity index (χ2n) is 2.97. The molecule has 5 heteroatoms. The molecule has 0 amide bonds. The third kappa shape index (κ3) is 4.90. The number of rotatable bonds is 5. The van der Waals surface area contributed by atoms with Gasteiger partial charge in [0.2, 0.25) is 6.54 Å². The number of nitrogens with zero attached hydrogens (tertiary/aromatic N) is 1. The summed E-state index contributed by atoms with van der Waals surface area (Å²) in [5.74, 6) is -0.578. The van der Waals surface area contributed by atoms with E-state index in [0.717, 1.165) is 5.56 Å². The molecule has 16 heavy (non-hydrogen) atoms. The van der Waals surface area contributed by atoms with Crippen molar-refractivity contribution in [1.82, 2.24) is 0 Å². The summed E-state index contributed by atoms with van der Waals surface area (Å²) in [5, 5.41) is 9.96. The van der Waals surface area contributed by atoms with Gasteiger partial charge in [-0.1, -0.05) is 30.3 Å². The Hall–Kier alpha value is -2.17. The maximum atomic E-state index is 11.1. The fourth-order valence-electron chi connectivity index (χ4n) is 0.997. The van der Waals surface area contributed by atoms with Gasteiger partial charge in [-0.05, 0) is 11.6 Å². The Balaban J connectivity index is 2.34. The lowest BCUT2D eigenvalue weighted by Crippen LogP contribution is -2.11. The second kappa shape index (κ2) is 6.34. The van der Waals surface area contributed by atoms with Crippen molar-refractivity contribution < 1.29 is 14.5 Å². The average molecular weight is 221 g/mol. The maximum Gasteiger partial charge on any atom is 0.331 e. The molecule has 0 N–H and O–H groups in total. The molecule has 1 rings (SSSR count). The van der Waals surface area contributed by atoms with E-state index in [1.54, 1.807) is 6.08 Å². The number of hydrogen-bond donors (Lipinski definition) is 0. The van der Waals surface area contributed by atoms with Gasteiger partial charge in [-0.2, -0.15) is 0 Å². The Morgan fingerprint density at radius 2 is 2.06 bits per heavy atom. The molecule has 0 aliphatic rings. The summed E-state index contributed by atoms with van der Waals surface area (Å²) < 4.78 is 4.61. The summed E-state index contributed by atoms with van der Waals surface area (Å²) in [6.07, 6.45) is 2.84. The molecule has 0 unspecified atom stereocenters. The fraction of sp³-hybridized carbons (Fsp3) is 0.182. The third-order valence-electron chi connectivity index (χ3n) is 1.73. The largest absolute Gasteiger partial charge is 0.456 e. The van der Waals surface area contributed by atoms with Gasteiger partial charge < -0.3 is 4.74 Å². The molecule has 0 saturated heterocycles. The number of esters is 1. The van der Waals surface area contributed by atoms with E-state index in [9.17, 15) is 14.9 Å². The standard InChI is InChI=1S/C11H11NO4/c13-11(16-9-8-12(14)15)7-6-10-4-2-1-3-5-10/h1-7H,8-9H2. The second-order valence-corrected chi connectivity index (χ2v) is 2.97. The van der Waals surface area contributed by atoms with Crippen molar-refractivity contribution in [2.75, 3.05) is 13.2 Å². The predicted octanol–water partition coefficient (Wildman–Crippen LogP) is 1.52. The van der Waals surface area contributed by atoms with E-state index in [-0.39, 0.29) is 13.2 Å². The van der Waals surface area contributed by atoms with Crippen LogP contribution in [0.3, 0.4) is 0 Å². The van der Waals surface area contributed by atoms with Crippen LogP contribution in [-0.2, 0) is 9.53 Å². The van der Waals surface area contributed by atoms with Crippen molar-refractivity contribution in [2.24, 2.45) is 0 Å². The molecule has 84 valence electrons. The first kappa shape index (κ1) is 11.9. The molecular formula is C11H11NO4. The number of nitro groups is 1. The van der Waals surface area contributed by atoms with Gasteiger partial charge in [0.25, 0.3) is 0 Å². The van der Waals surface area contributed by atoms with Gasteiger partial charge >= 0.3 is 5.97 Å². The van der Waals surface area contributed by atoms with E-state index < -0.39 is 10.9 Å². The number of benzene rings is 1. The van der Waals surface area contributed by atoms with Crippen LogP contribution in [0.15, 0.2) is 36.4 Å². The quantitative estimate of drug-likeness (QED) is 0.327. The highest BCUT2D eigenvalue weighted by atomic mass is 16.6. The van der Waals surface area contributed by atoms with Crippen LogP contribution in [0.4, 0.5) is 0 Å². The lowest BCUT2D eigenvalue weighted by atomic mass is 10.2. The Morgan fingerprint density at radius 1 is 1.38 bits per heavy atom. The summed E-state index contributed by atoms with van der Waals surface area (Å²) in [5.41, 5.74) is 0.869. The Morgan fingerprint density at radius 3 is 2.69 bits per heavy atom. The molecule has 0 spiro atoms. The number of ether oxygens (including phenoxy) is 1. The molecule has 0 aliphatic heterocycles. The zero-order chi connectivity index (χ0) is 11.8. The summed E-state index contributed by atoms with van der Waals surface area (Å²) in [6, 6.07) is 9.23. The van der Waals surface area contributed by atoms with Crippen LogP contribution < -0.4 is 0 Å². The fourth-order valence-corrected chi connectivity index (χ4v) is 0.997. The van der Waals surface area contributed by atoms with E-state index in [0.29, 0.717) is 0 Å². The molecule has 0 atom stereocenters. The maximum absolute atomic E-state index is 11.1. The van der Waals surface area contributed by atoms with E-state index >= 15 is 0 Å². The highest BCUT2D eigenvalue weighted by Gasteiger charge is 2.00. The molecule has 0 aliphatic carbocycles. The normalized spacial score (nSPS) is 10.2. The molecule has 0 heterocycles. The number of carbonyl (C=O) groups is 1. The van der Waals surface area contributed by atoms with Crippen LogP contribution in [-0.4, -0.2) is 24.0 Å². The molecule has 0 fully saturated rings. The monoisotopic (exact) mass is 221 g/mol. The van der Waals surface area contributed by atoms with Gasteiger partial charge in [0, 0.05) is 11.0 Å². The Bertz CT molecular complexity index is 386. The van der Waals surface area contributed by atoms with Crippen LogP contribution in [0.25, 0.3) is 6.08 Å². The van der Waals surface area contributed by atoms with Crippen molar-refractivity contribution >= 4 is 12.0 Å². The van der Waals surface area contributed by atoms with E-state index in [4.69, 9.17) is 0 Å². The smallest absolute Gasteiger partial charge is 0.331 e. The van der Waals surface area contributed by atoms with E-state index in [2.05, 4.69) is 4.74 Å². The zero-order valence-corrected chi connectivity index (χ0v) is 8.54. The minimum absolute atomic E-state index is 0.203. The molecule has 1 aromatic carbocycles. The van der Waals surface area contributed by atoms with E-state index in [1.165, 1.54) is 6.08 Å². The minimum Gasteiger partial charge on any atom is -0.456 e. The predicted molar refractivity (Wildman–Crippen MR) is 58.3 cm³/mol. The minimum atomic E-state index is -0.578. The highest BCUT2D eigenvalue weighted by molar-refractivity contribution is 5.86. The first-order chi connectivity index (χ1) is 7.68. The molecule has 5 nitrogen and oxygen atoms in total. The van der Waals surface area contributed by atoms with Gasteiger partial charge in [0.15, 0.2) is 6.61 Å². The van der Waals surface area contributed by atoms with Crippen LogP contribution in [0.5, 0.6) is 0 Å². The van der Waals surface area contributed by atoms with Crippen LogP contribution in [0.1, 0.15) is 5.56 Å². The van der Waals surface area contributed by atoms with Gasteiger partial charge in [0.05, 0.1) is 0 Å². The first-order valence-corrected chi connectivity index (χ1v) is 4.70. The SMILES string of the molecule is O=C(C=Cc1ccccc1)OCC[N+](=O)[O-]. The summed E-state index contributed by atoms with van der Waals surface area (Å²) in [7, 11) is 0. The van der Waals surface area contributed by atoms with Gasteiger partial charge in [-0.15, -0.1) is 0 Å². The molecular weight excluding hydrogens is 210 g/mol. The van der Waals surface area contributed by atoms with Crippen LogP contribution in [0.2, 0.25) is 0 Å². The van der Waals surface area contributed by atoms with Crippen LogP contribution >= 0.6 is 0 Å². The summed E-state index contributed by atoms with van der Waals surface area (Å²) >= 11 is 0. The van der Waals surface area contributed by atoms with Crippen molar-refractivity contribution in [3.05, 3.63) is 52.1 Å². The van der Waals surface area contributed by atoms with Gasteiger partial charge in [-0.3, -0.25) is 10.1 Å². The highest BCUT2D eigenvalue weighted by Crippen LogP contribution is 2.00. The Labute approximate surface area is 92.5 Å². The van der Waals surface area contributed by atoms with Crippen molar-refractivity contribution in [3.8, 4) is 0 Å². The third-order valence-corrected chi connectivity index (χ3v) is 1.73. The summed E-state index contributed by atoms with van der Waals surface area (Å²) in [4.78, 5) is 20.5. The van der Waals surface area contributed by atoms with Crippen molar-refractivity contribution in [3.63, 3.8) is 0 Å². The van der Waals surface area contributed by atoms with Crippen molar-refractivity contribution in [2.45, 2.75) is 0 Å². The molecule has 0 aromatic heterocycles. The van der Waals surface area contributed by atoms with E-state index in [1.807, 2.05) is 30.3 Å². The van der Waals surface area contributed by atoms with Crippen LogP contribution in [0, 0.1) is 10.1 Å². The van der Waals surface area contributed by atoms with Crippen molar-refractivity contribution in [1.29, 1.82) is 0 Å². The molecule has 0 radical (unpaired) electrons. The molecule has 0 bridgehead atoms. The molecule has 0 saturated carbocycles. The van der Waals surface area contributed by atoms with Gasteiger partial charge in [0.1, 0.15) is 0 Å². The lowest BCUT2D eigenvalue weighted by molar-refractivity contribution is -0.482.